The number of imidazole rings is 1. The fourth-order valence-electron chi connectivity index (χ4n) is 4.34. The van der Waals surface area contributed by atoms with Crippen LogP contribution in [0.5, 0.6) is 0 Å². The highest BCUT2D eigenvalue weighted by molar-refractivity contribution is 7.10. The van der Waals surface area contributed by atoms with Gasteiger partial charge >= 0.3 is 0 Å². The summed E-state index contributed by atoms with van der Waals surface area (Å²) in [5, 5.41) is 5.05. The van der Waals surface area contributed by atoms with Gasteiger partial charge in [-0.25, -0.2) is 4.98 Å². The van der Waals surface area contributed by atoms with E-state index in [9.17, 15) is 9.59 Å². The van der Waals surface area contributed by atoms with Crippen LogP contribution in [0, 0.1) is 12.8 Å². The van der Waals surface area contributed by atoms with E-state index in [4.69, 9.17) is 0 Å². The van der Waals surface area contributed by atoms with E-state index in [1.807, 2.05) is 83.7 Å². The molecule has 2 atom stereocenters. The maximum atomic E-state index is 13.4. The summed E-state index contributed by atoms with van der Waals surface area (Å²) < 4.78 is 1.98. The second kappa shape index (κ2) is 9.03. The van der Waals surface area contributed by atoms with Gasteiger partial charge in [-0.3, -0.25) is 9.59 Å². The van der Waals surface area contributed by atoms with Crippen LogP contribution in [0.15, 0.2) is 84.8 Å². The van der Waals surface area contributed by atoms with Crippen LogP contribution in [-0.2, 0) is 16.1 Å². The lowest BCUT2D eigenvalue weighted by molar-refractivity contribution is -0.122. The average molecular weight is 457 g/mol. The van der Waals surface area contributed by atoms with Crippen molar-refractivity contribution in [3.8, 4) is 0 Å². The predicted octanol–water partition coefficient (Wildman–Crippen LogP) is 5.03. The van der Waals surface area contributed by atoms with Crippen molar-refractivity contribution in [2.24, 2.45) is 5.92 Å². The van der Waals surface area contributed by atoms with Crippen LogP contribution in [0.25, 0.3) is 0 Å². The van der Waals surface area contributed by atoms with E-state index in [2.05, 4.69) is 10.3 Å². The summed E-state index contributed by atoms with van der Waals surface area (Å²) in [6, 6.07) is 19.3. The summed E-state index contributed by atoms with van der Waals surface area (Å²) in [4.78, 5) is 33.4. The molecule has 0 aliphatic carbocycles. The molecule has 0 radical (unpaired) electrons. The first kappa shape index (κ1) is 21.2. The number of aryl methyl sites for hydroxylation is 1. The summed E-state index contributed by atoms with van der Waals surface area (Å²) in [6.45, 7) is 2.69. The number of hydrogen-bond acceptors (Lipinski definition) is 4. The van der Waals surface area contributed by atoms with E-state index in [0.29, 0.717) is 6.54 Å². The standard InChI is InChI=1S/C26H24N4O2S/c1-18-7-9-21(10-8-18)30-24(31)15-22(25(30)23-6-3-13-33-23)26(32)28-20-5-2-4-19(14-20)16-29-12-11-27-17-29/h2-14,17,22,25H,15-16H2,1H3,(H,28,32). The highest BCUT2D eigenvalue weighted by atomic mass is 32.1. The van der Waals surface area contributed by atoms with Gasteiger partial charge in [-0.15, -0.1) is 11.3 Å². The first-order valence-electron chi connectivity index (χ1n) is 10.9. The number of hydrogen-bond donors (Lipinski definition) is 1. The average Bonchev–Trinajstić information content (AvgIpc) is 3.56. The zero-order valence-corrected chi connectivity index (χ0v) is 19.0. The molecule has 33 heavy (non-hydrogen) atoms. The second-order valence-corrected chi connectivity index (χ2v) is 9.27. The van der Waals surface area contributed by atoms with E-state index in [-0.39, 0.29) is 24.3 Å². The molecular formula is C26H24N4O2S. The molecule has 6 nitrogen and oxygen atoms in total. The van der Waals surface area contributed by atoms with Gasteiger partial charge in [-0.05, 0) is 48.2 Å². The third kappa shape index (κ3) is 4.45. The molecule has 2 aromatic carbocycles. The van der Waals surface area contributed by atoms with Gasteiger partial charge in [-0.1, -0.05) is 35.9 Å². The number of rotatable bonds is 6. The first-order valence-corrected chi connectivity index (χ1v) is 11.7. The lowest BCUT2D eigenvalue weighted by Gasteiger charge is -2.27. The monoisotopic (exact) mass is 456 g/mol. The molecule has 7 heteroatoms. The topological polar surface area (TPSA) is 67.2 Å². The molecule has 0 saturated carbocycles. The van der Waals surface area contributed by atoms with Crippen molar-refractivity contribution in [3.05, 3.63) is 101 Å². The number of thiophene rings is 1. The van der Waals surface area contributed by atoms with Crippen molar-refractivity contribution in [1.29, 1.82) is 0 Å². The van der Waals surface area contributed by atoms with Crippen LogP contribution in [0.1, 0.15) is 28.5 Å². The Bertz CT molecular complexity index is 1250. The predicted molar refractivity (Wildman–Crippen MR) is 130 cm³/mol. The van der Waals surface area contributed by atoms with Crippen molar-refractivity contribution in [2.75, 3.05) is 10.2 Å². The minimum atomic E-state index is -0.477. The zero-order valence-electron chi connectivity index (χ0n) is 18.2. The third-order valence-corrected chi connectivity index (χ3v) is 6.87. The molecule has 0 bridgehead atoms. The van der Waals surface area contributed by atoms with E-state index < -0.39 is 5.92 Å². The molecule has 2 aromatic heterocycles. The van der Waals surface area contributed by atoms with Crippen LogP contribution in [-0.4, -0.2) is 21.4 Å². The van der Waals surface area contributed by atoms with Crippen molar-refractivity contribution >= 4 is 34.5 Å². The third-order valence-electron chi connectivity index (χ3n) is 5.92. The maximum Gasteiger partial charge on any atom is 0.230 e. The van der Waals surface area contributed by atoms with Gasteiger partial charge < -0.3 is 14.8 Å². The Morgan fingerprint density at radius 1 is 1.15 bits per heavy atom. The van der Waals surface area contributed by atoms with Gasteiger partial charge in [0.2, 0.25) is 11.8 Å². The van der Waals surface area contributed by atoms with Gasteiger partial charge in [0.15, 0.2) is 0 Å². The minimum absolute atomic E-state index is 0.0359. The molecule has 4 aromatic rings. The molecule has 2 amide bonds. The largest absolute Gasteiger partial charge is 0.333 e. The molecule has 1 saturated heterocycles. The Morgan fingerprint density at radius 3 is 2.73 bits per heavy atom. The van der Waals surface area contributed by atoms with E-state index in [1.54, 1.807) is 28.8 Å². The van der Waals surface area contributed by atoms with Gasteiger partial charge in [0.1, 0.15) is 0 Å². The fraction of sp³-hybridized carbons (Fsp3) is 0.192. The number of carbonyl (C=O) groups excluding carboxylic acids is 2. The number of amides is 2. The van der Waals surface area contributed by atoms with Gasteiger partial charge in [0.25, 0.3) is 0 Å². The molecule has 1 N–H and O–H groups in total. The number of aromatic nitrogens is 2. The molecule has 1 fully saturated rings. The Balaban J connectivity index is 1.40. The molecule has 1 aliphatic heterocycles. The smallest absolute Gasteiger partial charge is 0.230 e. The second-order valence-electron chi connectivity index (χ2n) is 8.29. The van der Waals surface area contributed by atoms with Gasteiger partial charge in [0.05, 0.1) is 18.3 Å². The molecule has 5 rings (SSSR count). The van der Waals surface area contributed by atoms with Crippen LogP contribution < -0.4 is 10.2 Å². The number of benzene rings is 2. The van der Waals surface area contributed by atoms with Crippen molar-refractivity contribution < 1.29 is 9.59 Å². The summed E-state index contributed by atoms with van der Waals surface area (Å²) in [7, 11) is 0. The highest BCUT2D eigenvalue weighted by Gasteiger charge is 2.45. The molecule has 3 heterocycles. The number of nitrogens with one attached hydrogen (secondary N) is 1. The van der Waals surface area contributed by atoms with E-state index in [1.165, 1.54) is 0 Å². The van der Waals surface area contributed by atoms with Gasteiger partial charge in [-0.2, -0.15) is 0 Å². The first-order chi connectivity index (χ1) is 16.1. The maximum absolute atomic E-state index is 13.4. The fourth-order valence-corrected chi connectivity index (χ4v) is 5.22. The van der Waals surface area contributed by atoms with Gasteiger partial charge in [0, 0.05) is 41.6 Å². The minimum Gasteiger partial charge on any atom is -0.333 e. The summed E-state index contributed by atoms with van der Waals surface area (Å²) in [5.41, 5.74) is 3.73. The summed E-state index contributed by atoms with van der Waals surface area (Å²) >= 11 is 1.57. The van der Waals surface area contributed by atoms with Crippen molar-refractivity contribution in [2.45, 2.75) is 25.9 Å². The number of carbonyl (C=O) groups is 2. The SMILES string of the molecule is Cc1ccc(N2C(=O)CC(C(=O)Nc3cccc(Cn4ccnc4)c3)C2c2cccs2)cc1. The Labute approximate surface area is 196 Å². The Morgan fingerprint density at radius 2 is 2.00 bits per heavy atom. The Hall–Kier alpha value is -3.71. The molecule has 0 spiro atoms. The molecule has 1 aliphatic rings. The molecule has 2 unspecified atom stereocenters. The number of nitrogens with zero attached hydrogens (tertiary/aromatic N) is 3. The normalized spacial score (nSPS) is 18.0. The highest BCUT2D eigenvalue weighted by Crippen LogP contribution is 2.43. The summed E-state index contributed by atoms with van der Waals surface area (Å²) in [5.74, 6) is -0.655. The lowest BCUT2D eigenvalue weighted by atomic mass is 9.97. The van der Waals surface area contributed by atoms with E-state index >= 15 is 0 Å². The Kier molecular flexibility index (Phi) is 5.79. The quantitative estimate of drug-likeness (QED) is 0.442. The van der Waals surface area contributed by atoms with Crippen molar-refractivity contribution in [3.63, 3.8) is 0 Å². The van der Waals surface area contributed by atoms with Crippen LogP contribution in [0.3, 0.4) is 0 Å². The van der Waals surface area contributed by atoms with Crippen LogP contribution >= 0.6 is 11.3 Å². The van der Waals surface area contributed by atoms with Crippen LogP contribution in [0.2, 0.25) is 0 Å². The van der Waals surface area contributed by atoms with Crippen LogP contribution in [0.4, 0.5) is 11.4 Å². The van der Waals surface area contributed by atoms with E-state index in [0.717, 1.165) is 27.4 Å². The van der Waals surface area contributed by atoms with Crippen molar-refractivity contribution in [1.82, 2.24) is 9.55 Å². The molecular weight excluding hydrogens is 432 g/mol. The number of anilines is 2. The molecule has 166 valence electrons. The lowest BCUT2D eigenvalue weighted by Crippen LogP contribution is -2.32. The summed E-state index contributed by atoms with van der Waals surface area (Å²) in [6.07, 6.45) is 5.59. The zero-order chi connectivity index (χ0) is 22.8.